The fraction of sp³-hybridized carbons (Fsp3) is 0.312. The Labute approximate surface area is 123 Å². The van der Waals surface area contributed by atoms with Crippen LogP contribution in [0.1, 0.15) is 24.2 Å². The lowest BCUT2D eigenvalue weighted by Gasteiger charge is -2.23. The summed E-state index contributed by atoms with van der Waals surface area (Å²) in [6.07, 6.45) is 1.63. The van der Waals surface area contributed by atoms with Gasteiger partial charge in [0.05, 0.1) is 11.1 Å². The predicted molar refractivity (Wildman–Crippen MR) is 80.1 cm³/mol. The molecule has 0 atom stereocenters. The van der Waals surface area contributed by atoms with Gasteiger partial charge in [-0.1, -0.05) is 32.0 Å². The Morgan fingerprint density at radius 1 is 1.24 bits per heavy atom. The van der Waals surface area contributed by atoms with Gasteiger partial charge in [-0.2, -0.15) is 0 Å². The van der Waals surface area contributed by atoms with Gasteiger partial charge in [-0.25, -0.2) is 0 Å². The second-order valence-electron chi connectivity index (χ2n) is 5.35. The van der Waals surface area contributed by atoms with Gasteiger partial charge in [0.1, 0.15) is 6.54 Å². The van der Waals surface area contributed by atoms with Gasteiger partial charge in [0.2, 0.25) is 0 Å². The molecule has 2 aromatic rings. The predicted octanol–water partition coefficient (Wildman–Crippen LogP) is 2.42. The van der Waals surface area contributed by atoms with Crippen LogP contribution in [0.25, 0.3) is 10.9 Å². The van der Waals surface area contributed by atoms with Crippen molar-refractivity contribution in [1.82, 2.24) is 9.88 Å². The average Bonchev–Trinajstić information content (AvgIpc) is 2.44. The SMILES string of the molecule is CC(C)CN(CC(=O)O)C(=O)c1cccc2cccnc12. The molecule has 0 saturated heterocycles. The van der Waals surface area contributed by atoms with Crippen LogP contribution >= 0.6 is 0 Å². The first-order chi connectivity index (χ1) is 9.99. The Morgan fingerprint density at radius 2 is 1.95 bits per heavy atom. The fourth-order valence-corrected chi connectivity index (χ4v) is 2.27. The number of para-hydroxylation sites is 1. The standard InChI is InChI=1S/C16H18N2O3/c1-11(2)9-18(10-14(19)20)16(21)13-7-3-5-12-6-4-8-17-15(12)13/h3-8,11H,9-10H2,1-2H3,(H,19,20). The van der Waals surface area contributed by atoms with Crippen molar-refractivity contribution in [3.8, 4) is 0 Å². The zero-order chi connectivity index (χ0) is 15.4. The van der Waals surface area contributed by atoms with Gasteiger partial charge in [0.15, 0.2) is 0 Å². The second kappa shape index (κ2) is 6.35. The minimum Gasteiger partial charge on any atom is -0.480 e. The van der Waals surface area contributed by atoms with Crippen molar-refractivity contribution in [2.24, 2.45) is 5.92 Å². The molecule has 21 heavy (non-hydrogen) atoms. The lowest BCUT2D eigenvalue weighted by Crippen LogP contribution is -2.38. The van der Waals surface area contributed by atoms with E-state index >= 15 is 0 Å². The molecule has 0 radical (unpaired) electrons. The molecule has 0 unspecified atom stereocenters. The van der Waals surface area contributed by atoms with E-state index in [2.05, 4.69) is 4.98 Å². The molecule has 110 valence electrons. The quantitative estimate of drug-likeness (QED) is 0.916. The maximum Gasteiger partial charge on any atom is 0.323 e. The number of rotatable bonds is 5. The number of nitrogens with zero attached hydrogens (tertiary/aromatic N) is 2. The minimum absolute atomic E-state index is 0.191. The molecular weight excluding hydrogens is 268 g/mol. The monoisotopic (exact) mass is 286 g/mol. The van der Waals surface area contributed by atoms with Gasteiger partial charge in [-0.15, -0.1) is 0 Å². The number of pyridine rings is 1. The molecule has 5 heteroatoms. The molecule has 1 heterocycles. The largest absolute Gasteiger partial charge is 0.480 e. The molecule has 0 fully saturated rings. The number of carboxylic acid groups (broad SMARTS) is 1. The molecule has 1 aromatic carbocycles. The summed E-state index contributed by atoms with van der Waals surface area (Å²) in [5.74, 6) is -1.12. The number of hydrogen-bond acceptors (Lipinski definition) is 3. The molecule has 1 aromatic heterocycles. The van der Waals surface area contributed by atoms with Gasteiger partial charge in [-0.05, 0) is 18.1 Å². The van der Waals surface area contributed by atoms with Crippen molar-refractivity contribution in [2.75, 3.05) is 13.1 Å². The third-order valence-electron chi connectivity index (χ3n) is 3.06. The van der Waals surface area contributed by atoms with Gasteiger partial charge in [-0.3, -0.25) is 14.6 Å². The summed E-state index contributed by atoms with van der Waals surface area (Å²) in [5.41, 5.74) is 1.04. The number of benzene rings is 1. The van der Waals surface area contributed by atoms with Crippen LogP contribution in [0.3, 0.4) is 0 Å². The highest BCUT2D eigenvalue weighted by Crippen LogP contribution is 2.18. The molecule has 5 nitrogen and oxygen atoms in total. The summed E-state index contributed by atoms with van der Waals surface area (Å²) in [7, 11) is 0. The third kappa shape index (κ3) is 3.56. The van der Waals surface area contributed by atoms with E-state index in [1.54, 1.807) is 24.4 Å². The van der Waals surface area contributed by atoms with Crippen molar-refractivity contribution in [1.29, 1.82) is 0 Å². The van der Waals surface area contributed by atoms with Crippen molar-refractivity contribution in [3.63, 3.8) is 0 Å². The Balaban J connectivity index is 2.40. The number of carbonyl (C=O) groups excluding carboxylic acids is 1. The van der Waals surface area contributed by atoms with Crippen LogP contribution in [0, 0.1) is 5.92 Å². The second-order valence-corrected chi connectivity index (χ2v) is 5.35. The number of aromatic nitrogens is 1. The molecular formula is C16H18N2O3. The average molecular weight is 286 g/mol. The summed E-state index contributed by atoms with van der Waals surface area (Å²) in [5, 5.41) is 9.86. The highest BCUT2D eigenvalue weighted by molar-refractivity contribution is 6.06. The fourth-order valence-electron chi connectivity index (χ4n) is 2.27. The van der Waals surface area contributed by atoms with Crippen LogP contribution in [-0.4, -0.2) is 40.0 Å². The van der Waals surface area contributed by atoms with E-state index in [0.717, 1.165) is 5.39 Å². The van der Waals surface area contributed by atoms with Crippen molar-refractivity contribution >= 4 is 22.8 Å². The Hall–Kier alpha value is -2.43. The molecule has 0 spiro atoms. The molecule has 2 rings (SSSR count). The van der Waals surface area contributed by atoms with E-state index in [1.165, 1.54) is 4.90 Å². The minimum atomic E-state index is -1.02. The Kier molecular flexibility index (Phi) is 4.52. The number of hydrogen-bond donors (Lipinski definition) is 1. The third-order valence-corrected chi connectivity index (χ3v) is 3.06. The van der Waals surface area contributed by atoms with Crippen molar-refractivity contribution < 1.29 is 14.7 Å². The number of aliphatic carboxylic acids is 1. The zero-order valence-corrected chi connectivity index (χ0v) is 12.1. The van der Waals surface area contributed by atoms with Crippen LogP contribution in [0.5, 0.6) is 0 Å². The summed E-state index contributed by atoms with van der Waals surface area (Å²) in [6.45, 7) is 3.99. The van der Waals surface area contributed by atoms with Crippen LogP contribution in [0.2, 0.25) is 0 Å². The van der Waals surface area contributed by atoms with Crippen LogP contribution in [-0.2, 0) is 4.79 Å². The molecule has 0 aliphatic heterocycles. The van der Waals surface area contributed by atoms with Gasteiger partial charge in [0.25, 0.3) is 5.91 Å². The number of carboxylic acids is 1. The normalized spacial score (nSPS) is 10.8. The van der Waals surface area contributed by atoms with E-state index in [0.29, 0.717) is 17.6 Å². The van der Waals surface area contributed by atoms with Crippen molar-refractivity contribution in [3.05, 3.63) is 42.1 Å². The van der Waals surface area contributed by atoms with Crippen LogP contribution < -0.4 is 0 Å². The van der Waals surface area contributed by atoms with Crippen LogP contribution in [0.15, 0.2) is 36.5 Å². The smallest absolute Gasteiger partial charge is 0.323 e. The van der Waals surface area contributed by atoms with Gasteiger partial charge < -0.3 is 10.0 Å². The first-order valence-corrected chi connectivity index (χ1v) is 6.84. The maximum absolute atomic E-state index is 12.7. The molecule has 1 amide bonds. The first-order valence-electron chi connectivity index (χ1n) is 6.84. The number of fused-ring (bicyclic) bond motifs is 1. The highest BCUT2D eigenvalue weighted by Gasteiger charge is 2.21. The summed E-state index contributed by atoms with van der Waals surface area (Å²) in [4.78, 5) is 29.2. The lowest BCUT2D eigenvalue weighted by atomic mass is 10.1. The summed E-state index contributed by atoms with van der Waals surface area (Å²) < 4.78 is 0. The molecule has 0 saturated carbocycles. The number of carbonyl (C=O) groups is 2. The van der Waals surface area contributed by atoms with E-state index in [1.807, 2.05) is 26.0 Å². The van der Waals surface area contributed by atoms with E-state index in [4.69, 9.17) is 5.11 Å². The van der Waals surface area contributed by atoms with E-state index in [-0.39, 0.29) is 18.4 Å². The molecule has 1 N–H and O–H groups in total. The molecule has 0 aliphatic carbocycles. The van der Waals surface area contributed by atoms with Crippen LogP contribution in [0.4, 0.5) is 0 Å². The topological polar surface area (TPSA) is 70.5 Å². The molecule has 0 aliphatic rings. The summed E-state index contributed by atoms with van der Waals surface area (Å²) >= 11 is 0. The lowest BCUT2D eigenvalue weighted by molar-refractivity contribution is -0.137. The summed E-state index contributed by atoms with van der Waals surface area (Å²) in [6, 6.07) is 9.03. The Bertz CT molecular complexity index is 662. The van der Waals surface area contributed by atoms with E-state index < -0.39 is 5.97 Å². The highest BCUT2D eigenvalue weighted by atomic mass is 16.4. The zero-order valence-electron chi connectivity index (χ0n) is 12.1. The van der Waals surface area contributed by atoms with Crippen molar-refractivity contribution in [2.45, 2.75) is 13.8 Å². The van der Waals surface area contributed by atoms with E-state index in [9.17, 15) is 9.59 Å². The van der Waals surface area contributed by atoms with Gasteiger partial charge in [0, 0.05) is 18.1 Å². The number of amides is 1. The Morgan fingerprint density at radius 3 is 2.62 bits per heavy atom. The van der Waals surface area contributed by atoms with Gasteiger partial charge >= 0.3 is 5.97 Å². The first kappa shape index (κ1) is 15.0. The maximum atomic E-state index is 12.7. The molecule has 0 bridgehead atoms.